The molecule has 2 aliphatic heterocycles. The molecule has 1 aliphatic carbocycles. The van der Waals surface area contributed by atoms with Crippen molar-refractivity contribution in [3.8, 4) is 5.75 Å². The second-order valence-electron chi connectivity index (χ2n) is 9.41. The topological polar surface area (TPSA) is 86.6 Å². The third-order valence-electron chi connectivity index (χ3n) is 7.48. The van der Waals surface area contributed by atoms with Crippen LogP contribution in [-0.4, -0.2) is 52.3 Å². The van der Waals surface area contributed by atoms with Gasteiger partial charge in [0.05, 0.1) is 17.5 Å². The Bertz CT molecular complexity index is 1060. The maximum atomic E-state index is 12.9. The van der Waals surface area contributed by atoms with Gasteiger partial charge in [-0.2, -0.15) is 0 Å². The SMILES string of the molecule is C[C@H]1C[C@]2(CCN1Cc1ccc(O)c(C3CCC3)c1)CCS(=O)(=O)N2c1cnccn1. The maximum absolute atomic E-state index is 12.9. The van der Waals surface area contributed by atoms with Crippen molar-refractivity contribution in [1.82, 2.24) is 14.9 Å². The normalized spacial score (nSPS) is 28.7. The van der Waals surface area contributed by atoms with Crippen molar-refractivity contribution in [2.75, 3.05) is 16.6 Å². The molecule has 1 aromatic carbocycles. The summed E-state index contributed by atoms with van der Waals surface area (Å²) >= 11 is 0. The molecule has 3 aliphatic rings. The van der Waals surface area contributed by atoms with Crippen LogP contribution in [0.25, 0.3) is 0 Å². The summed E-state index contributed by atoms with van der Waals surface area (Å²) in [7, 11) is -3.38. The molecule has 0 amide bonds. The monoisotopic (exact) mass is 442 g/mol. The molecule has 2 atom stereocenters. The van der Waals surface area contributed by atoms with Crippen LogP contribution < -0.4 is 4.31 Å². The van der Waals surface area contributed by atoms with Gasteiger partial charge >= 0.3 is 0 Å². The van der Waals surface area contributed by atoms with Gasteiger partial charge in [0, 0.05) is 31.5 Å². The molecule has 1 saturated carbocycles. The van der Waals surface area contributed by atoms with Crippen molar-refractivity contribution in [2.45, 2.75) is 69.5 Å². The minimum Gasteiger partial charge on any atom is -0.508 e. The number of likely N-dealkylation sites (tertiary alicyclic amines) is 1. The molecule has 7 nitrogen and oxygen atoms in total. The van der Waals surface area contributed by atoms with Gasteiger partial charge in [0.1, 0.15) is 5.75 Å². The fourth-order valence-electron chi connectivity index (χ4n) is 5.57. The number of hydrogen-bond acceptors (Lipinski definition) is 6. The Labute approximate surface area is 184 Å². The van der Waals surface area contributed by atoms with E-state index in [0.717, 1.165) is 44.3 Å². The van der Waals surface area contributed by atoms with E-state index in [0.29, 0.717) is 23.9 Å². The lowest BCUT2D eigenvalue weighted by atomic mass is 9.79. The van der Waals surface area contributed by atoms with Crippen molar-refractivity contribution in [2.24, 2.45) is 0 Å². The fourth-order valence-corrected chi connectivity index (χ4v) is 7.62. The minimum absolute atomic E-state index is 0.166. The summed E-state index contributed by atoms with van der Waals surface area (Å²) in [4.78, 5) is 10.8. The summed E-state index contributed by atoms with van der Waals surface area (Å²) < 4.78 is 27.4. The second kappa shape index (κ2) is 7.74. The molecule has 166 valence electrons. The first-order chi connectivity index (χ1) is 14.9. The Kier molecular flexibility index (Phi) is 5.17. The van der Waals surface area contributed by atoms with Crippen LogP contribution in [0.3, 0.4) is 0 Å². The Morgan fingerprint density at radius 1 is 1.23 bits per heavy atom. The number of phenols is 1. The zero-order valence-electron chi connectivity index (χ0n) is 17.9. The maximum Gasteiger partial charge on any atom is 0.236 e. The van der Waals surface area contributed by atoms with Crippen molar-refractivity contribution < 1.29 is 13.5 Å². The van der Waals surface area contributed by atoms with Gasteiger partial charge in [-0.15, -0.1) is 0 Å². The zero-order chi connectivity index (χ0) is 21.6. The molecular formula is C23H30N4O3S. The molecular weight excluding hydrogens is 412 g/mol. The van der Waals surface area contributed by atoms with E-state index >= 15 is 0 Å². The third-order valence-corrected chi connectivity index (χ3v) is 9.33. The van der Waals surface area contributed by atoms with Gasteiger partial charge in [-0.1, -0.05) is 18.6 Å². The number of nitrogens with zero attached hydrogens (tertiary/aromatic N) is 4. The van der Waals surface area contributed by atoms with E-state index in [9.17, 15) is 13.5 Å². The van der Waals surface area contributed by atoms with Gasteiger partial charge in [-0.3, -0.25) is 9.88 Å². The highest BCUT2D eigenvalue weighted by Gasteiger charge is 2.53. The highest BCUT2D eigenvalue weighted by atomic mass is 32.2. The number of aromatic nitrogens is 2. The van der Waals surface area contributed by atoms with Crippen LogP contribution in [0.1, 0.15) is 62.5 Å². The van der Waals surface area contributed by atoms with Crippen LogP contribution >= 0.6 is 0 Å². The molecule has 8 heteroatoms. The summed E-state index contributed by atoms with van der Waals surface area (Å²) in [6.45, 7) is 3.83. The van der Waals surface area contributed by atoms with Crippen LogP contribution in [-0.2, 0) is 16.6 Å². The number of benzene rings is 1. The molecule has 5 rings (SSSR count). The highest BCUT2D eigenvalue weighted by Crippen LogP contribution is 2.45. The minimum atomic E-state index is -3.38. The third kappa shape index (κ3) is 3.69. The lowest BCUT2D eigenvalue weighted by molar-refractivity contribution is 0.102. The molecule has 31 heavy (non-hydrogen) atoms. The first-order valence-electron chi connectivity index (χ1n) is 11.2. The largest absolute Gasteiger partial charge is 0.508 e. The molecule has 0 bridgehead atoms. The van der Waals surface area contributed by atoms with E-state index in [2.05, 4.69) is 27.9 Å². The van der Waals surface area contributed by atoms with Crippen LogP contribution in [0.15, 0.2) is 36.8 Å². The van der Waals surface area contributed by atoms with E-state index in [-0.39, 0.29) is 11.8 Å². The number of anilines is 1. The first kappa shape index (κ1) is 20.7. The molecule has 0 radical (unpaired) electrons. The smallest absolute Gasteiger partial charge is 0.236 e. The molecule has 2 aromatic rings. The highest BCUT2D eigenvalue weighted by molar-refractivity contribution is 7.93. The van der Waals surface area contributed by atoms with E-state index in [1.807, 2.05) is 12.1 Å². The van der Waals surface area contributed by atoms with Gasteiger partial charge in [-0.25, -0.2) is 17.7 Å². The van der Waals surface area contributed by atoms with Crippen molar-refractivity contribution in [3.05, 3.63) is 47.9 Å². The Morgan fingerprint density at radius 3 is 2.74 bits per heavy atom. The molecule has 3 heterocycles. The molecule has 1 N–H and O–H groups in total. The quantitative estimate of drug-likeness (QED) is 0.781. The molecule has 3 fully saturated rings. The summed E-state index contributed by atoms with van der Waals surface area (Å²) in [5.74, 6) is 1.50. The summed E-state index contributed by atoms with van der Waals surface area (Å²) in [6.07, 6.45) is 10.4. The van der Waals surface area contributed by atoms with Crippen LogP contribution in [0.4, 0.5) is 5.82 Å². The number of phenolic OH excluding ortho intramolecular Hbond substituents is 1. The van der Waals surface area contributed by atoms with E-state index < -0.39 is 15.6 Å². The predicted molar refractivity (Wildman–Crippen MR) is 119 cm³/mol. The summed E-state index contributed by atoms with van der Waals surface area (Å²) in [5.41, 5.74) is 1.88. The molecule has 1 aromatic heterocycles. The van der Waals surface area contributed by atoms with E-state index in [4.69, 9.17) is 0 Å². The Hall–Kier alpha value is -2.19. The number of sulfonamides is 1. The van der Waals surface area contributed by atoms with Gasteiger partial charge in [0.15, 0.2) is 5.82 Å². The van der Waals surface area contributed by atoms with Crippen LogP contribution in [0, 0.1) is 0 Å². The van der Waals surface area contributed by atoms with Crippen molar-refractivity contribution in [1.29, 1.82) is 0 Å². The summed E-state index contributed by atoms with van der Waals surface area (Å²) in [5, 5.41) is 10.3. The van der Waals surface area contributed by atoms with Crippen molar-refractivity contribution in [3.63, 3.8) is 0 Å². The van der Waals surface area contributed by atoms with E-state index in [1.54, 1.807) is 22.9 Å². The standard InChI is InChI=1S/C23H30N4O3S/c1-17-14-23(8-12-31(29,30)27(23)22-15-24-9-10-25-22)7-11-26(17)16-18-5-6-21(28)20(13-18)19-3-2-4-19/h5-6,9-10,13,15,17,19,28H,2-4,7-8,11-12,14,16H2,1H3/t17-,23-/m0/s1. The predicted octanol–water partition coefficient (Wildman–Crippen LogP) is 3.41. The van der Waals surface area contributed by atoms with Gasteiger partial charge in [-0.05, 0) is 62.1 Å². The zero-order valence-corrected chi connectivity index (χ0v) is 18.8. The number of piperidine rings is 1. The number of hydrogen-bond donors (Lipinski definition) is 1. The van der Waals surface area contributed by atoms with Gasteiger partial charge in [0.25, 0.3) is 0 Å². The lowest BCUT2D eigenvalue weighted by Crippen LogP contribution is -2.56. The average Bonchev–Trinajstić information content (AvgIpc) is 2.96. The number of rotatable bonds is 4. The Balaban J connectivity index is 1.35. The second-order valence-corrected chi connectivity index (χ2v) is 11.4. The van der Waals surface area contributed by atoms with E-state index in [1.165, 1.54) is 12.0 Å². The fraction of sp³-hybridized carbons (Fsp3) is 0.565. The first-order valence-corrected chi connectivity index (χ1v) is 12.8. The molecule has 0 unspecified atom stereocenters. The Morgan fingerprint density at radius 2 is 2.06 bits per heavy atom. The number of aromatic hydroxyl groups is 1. The van der Waals surface area contributed by atoms with Crippen LogP contribution in [0.5, 0.6) is 5.75 Å². The summed E-state index contributed by atoms with van der Waals surface area (Å²) in [6, 6.07) is 6.25. The van der Waals surface area contributed by atoms with Crippen molar-refractivity contribution >= 4 is 15.8 Å². The lowest BCUT2D eigenvalue weighted by Gasteiger charge is -2.47. The average molecular weight is 443 g/mol. The van der Waals surface area contributed by atoms with Gasteiger partial charge in [0.2, 0.25) is 10.0 Å². The molecule has 2 saturated heterocycles. The molecule has 1 spiro atoms. The van der Waals surface area contributed by atoms with Crippen LogP contribution in [0.2, 0.25) is 0 Å². The van der Waals surface area contributed by atoms with Gasteiger partial charge < -0.3 is 5.11 Å².